The summed E-state index contributed by atoms with van der Waals surface area (Å²) in [6, 6.07) is 5.95. The van der Waals surface area contributed by atoms with E-state index < -0.39 is 0 Å². The Balaban J connectivity index is 1.83. The maximum Gasteiger partial charge on any atom is 0.243 e. The minimum absolute atomic E-state index is 0.211. The summed E-state index contributed by atoms with van der Waals surface area (Å²) >= 11 is 0. The number of hydrogen-bond acceptors (Lipinski definition) is 4. The molecule has 2 aliphatic rings. The standard InChI is InChI=1S/C14H17N3O2/c1-9-14(19)16-12(18)8-17(9)7-11-4-2-3-10-5-6-15-13(10)11/h2-4,9,15H,5-8H2,1H3,(H,16,18,19). The van der Waals surface area contributed by atoms with Crippen molar-refractivity contribution < 1.29 is 9.59 Å². The van der Waals surface area contributed by atoms with Crippen LogP contribution in [0.1, 0.15) is 18.1 Å². The van der Waals surface area contributed by atoms with Crippen molar-refractivity contribution in [3.63, 3.8) is 0 Å². The largest absolute Gasteiger partial charge is 0.384 e. The molecule has 1 aromatic rings. The van der Waals surface area contributed by atoms with E-state index in [1.54, 1.807) is 0 Å². The third-order valence-electron chi connectivity index (χ3n) is 3.84. The van der Waals surface area contributed by atoms with Crippen LogP contribution >= 0.6 is 0 Å². The molecule has 1 fully saturated rings. The Morgan fingerprint density at radius 1 is 1.37 bits per heavy atom. The number of nitrogens with zero attached hydrogens (tertiary/aromatic N) is 1. The minimum Gasteiger partial charge on any atom is -0.384 e. The topological polar surface area (TPSA) is 61.4 Å². The molecule has 0 aliphatic carbocycles. The van der Waals surface area contributed by atoms with Crippen molar-refractivity contribution in [1.29, 1.82) is 0 Å². The molecule has 1 saturated heterocycles. The molecule has 5 nitrogen and oxygen atoms in total. The normalized spacial score (nSPS) is 22.9. The van der Waals surface area contributed by atoms with Crippen LogP contribution in [0.5, 0.6) is 0 Å². The molecule has 0 aromatic heterocycles. The lowest BCUT2D eigenvalue weighted by Crippen LogP contribution is -2.56. The van der Waals surface area contributed by atoms with E-state index >= 15 is 0 Å². The Hall–Kier alpha value is -1.88. The molecule has 1 aromatic carbocycles. The van der Waals surface area contributed by atoms with Gasteiger partial charge in [-0.05, 0) is 24.5 Å². The summed E-state index contributed by atoms with van der Waals surface area (Å²) in [4.78, 5) is 25.0. The van der Waals surface area contributed by atoms with Gasteiger partial charge in [-0.25, -0.2) is 0 Å². The fraction of sp³-hybridized carbons (Fsp3) is 0.429. The Labute approximate surface area is 112 Å². The Morgan fingerprint density at radius 3 is 3.05 bits per heavy atom. The van der Waals surface area contributed by atoms with Gasteiger partial charge in [-0.3, -0.25) is 19.8 Å². The second kappa shape index (κ2) is 4.66. The number of carbonyl (C=O) groups excluding carboxylic acids is 2. The Bertz CT molecular complexity index is 541. The number of imide groups is 1. The predicted octanol–water partition coefficient (Wildman–Crippen LogP) is 0.501. The molecular weight excluding hydrogens is 242 g/mol. The number of nitrogens with one attached hydrogen (secondary N) is 2. The van der Waals surface area contributed by atoms with Crippen LogP contribution in [0, 0.1) is 0 Å². The first-order valence-corrected chi connectivity index (χ1v) is 6.57. The summed E-state index contributed by atoms with van der Waals surface area (Å²) < 4.78 is 0. The van der Waals surface area contributed by atoms with Gasteiger partial charge in [0.15, 0.2) is 0 Å². The molecule has 2 N–H and O–H groups in total. The highest BCUT2D eigenvalue weighted by molar-refractivity contribution is 6.00. The molecule has 1 unspecified atom stereocenters. The first-order chi connectivity index (χ1) is 9.15. The van der Waals surface area contributed by atoms with Crippen LogP contribution in [-0.4, -0.2) is 35.8 Å². The minimum atomic E-state index is -0.269. The number of fused-ring (bicyclic) bond motifs is 1. The van der Waals surface area contributed by atoms with E-state index in [1.165, 1.54) is 11.3 Å². The van der Waals surface area contributed by atoms with Crippen LogP contribution < -0.4 is 10.6 Å². The number of para-hydroxylation sites is 1. The van der Waals surface area contributed by atoms with Gasteiger partial charge in [-0.15, -0.1) is 0 Å². The van der Waals surface area contributed by atoms with E-state index in [1.807, 2.05) is 17.9 Å². The number of amides is 2. The highest BCUT2D eigenvalue weighted by Gasteiger charge is 2.30. The lowest BCUT2D eigenvalue weighted by molar-refractivity contribution is -0.139. The molecule has 0 bridgehead atoms. The number of rotatable bonds is 2. The molecule has 0 saturated carbocycles. The summed E-state index contributed by atoms with van der Waals surface area (Å²) in [6.45, 7) is 3.69. The number of benzene rings is 1. The van der Waals surface area contributed by atoms with Gasteiger partial charge >= 0.3 is 0 Å². The van der Waals surface area contributed by atoms with Crippen molar-refractivity contribution in [2.24, 2.45) is 0 Å². The Morgan fingerprint density at radius 2 is 2.21 bits per heavy atom. The zero-order valence-corrected chi connectivity index (χ0v) is 10.9. The molecule has 0 spiro atoms. The molecule has 3 rings (SSSR count). The zero-order valence-electron chi connectivity index (χ0n) is 10.9. The fourth-order valence-electron chi connectivity index (χ4n) is 2.72. The lowest BCUT2D eigenvalue weighted by Gasteiger charge is -2.32. The average molecular weight is 259 g/mol. The summed E-state index contributed by atoms with van der Waals surface area (Å²) in [5.74, 6) is -0.430. The molecule has 0 radical (unpaired) electrons. The third-order valence-corrected chi connectivity index (χ3v) is 3.84. The monoisotopic (exact) mass is 259 g/mol. The van der Waals surface area contributed by atoms with Gasteiger partial charge < -0.3 is 5.32 Å². The highest BCUT2D eigenvalue weighted by Crippen LogP contribution is 2.28. The van der Waals surface area contributed by atoms with E-state index in [-0.39, 0.29) is 24.4 Å². The second-order valence-corrected chi connectivity index (χ2v) is 5.12. The lowest BCUT2D eigenvalue weighted by atomic mass is 10.1. The van der Waals surface area contributed by atoms with E-state index in [9.17, 15) is 9.59 Å². The SMILES string of the molecule is CC1C(=O)NC(=O)CN1Cc1cccc2c1NCC2. The van der Waals surface area contributed by atoms with Gasteiger partial charge in [0.2, 0.25) is 11.8 Å². The molecule has 5 heteroatoms. The van der Waals surface area contributed by atoms with E-state index in [4.69, 9.17) is 0 Å². The molecular formula is C14H17N3O2. The van der Waals surface area contributed by atoms with Crippen LogP contribution in [0.2, 0.25) is 0 Å². The van der Waals surface area contributed by atoms with Gasteiger partial charge in [0.05, 0.1) is 12.6 Å². The van der Waals surface area contributed by atoms with Crippen LogP contribution in [-0.2, 0) is 22.6 Å². The summed E-state index contributed by atoms with van der Waals surface area (Å²) in [5.41, 5.74) is 3.65. The maximum absolute atomic E-state index is 11.6. The summed E-state index contributed by atoms with van der Waals surface area (Å²) in [7, 11) is 0. The van der Waals surface area contributed by atoms with Crippen molar-refractivity contribution in [1.82, 2.24) is 10.2 Å². The van der Waals surface area contributed by atoms with E-state index in [0.717, 1.165) is 18.5 Å². The van der Waals surface area contributed by atoms with Crippen LogP contribution in [0.4, 0.5) is 5.69 Å². The number of hydrogen-bond donors (Lipinski definition) is 2. The number of anilines is 1. The van der Waals surface area contributed by atoms with E-state index in [0.29, 0.717) is 6.54 Å². The number of piperazine rings is 1. The molecule has 100 valence electrons. The molecule has 1 atom stereocenters. The van der Waals surface area contributed by atoms with Gasteiger partial charge in [-0.1, -0.05) is 18.2 Å². The molecule has 19 heavy (non-hydrogen) atoms. The fourth-order valence-corrected chi connectivity index (χ4v) is 2.72. The maximum atomic E-state index is 11.6. The highest BCUT2D eigenvalue weighted by atomic mass is 16.2. The molecule has 2 aliphatic heterocycles. The summed E-state index contributed by atoms with van der Waals surface area (Å²) in [6.07, 6.45) is 1.04. The zero-order chi connectivity index (χ0) is 13.4. The number of carbonyl (C=O) groups is 2. The van der Waals surface area contributed by atoms with Gasteiger partial charge in [0.1, 0.15) is 0 Å². The van der Waals surface area contributed by atoms with Crippen LogP contribution in [0.3, 0.4) is 0 Å². The average Bonchev–Trinajstić information content (AvgIpc) is 2.84. The predicted molar refractivity (Wildman–Crippen MR) is 71.7 cm³/mol. The van der Waals surface area contributed by atoms with Crippen LogP contribution in [0.25, 0.3) is 0 Å². The van der Waals surface area contributed by atoms with Crippen molar-refractivity contribution in [2.75, 3.05) is 18.4 Å². The van der Waals surface area contributed by atoms with Gasteiger partial charge in [-0.2, -0.15) is 0 Å². The van der Waals surface area contributed by atoms with Crippen molar-refractivity contribution in [2.45, 2.75) is 25.9 Å². The van der Waals surface area contributed by atoms with Crippen molar-refractivity contribution in [3.8, 4) is 0 Å². The van der Waals surface area contributed by atoms with Gasteiger partial charge in [0.25, 0.3) is 0 Å². The van der Waals surface area contributed by atoms with Crippen LogP contribution in [0.15, 0.2) is 18.2 Å². The first-order valence-electron chi connectivity index (χ1n) is 6.57. The van der Waals surface area contributed by atoms with E-state index in [2.05, 4.69) is 22.8 Å². The smallest absolute Gasteiger partial charge is 0.243 e. The third kappa shape index (κ3) is 2.21. The second-order valence-electron chi connectivity index (χ2n) is 5.12. The molecule has 2 amide bonds. The Kier molecular flexibility index (Phi) is 2.98. The van der Waals surface area contributed by atoms with Gasteiger partial charge in [0, 0.05) is 18.8 Å². The first kappa shape index (κ1) is 12.2. The molecule has 2 heterocycles. The quantitative estimate of drug-likeness (QED) is 0.759. The summed E-state index contributed by atoms with van der Waals surface area (Å²) in [5, 5.41) is 5.75. The van der Waals surface area contributed by atoms with Crippen molar-refractivity contribution >= 4 is 17.5 Å². The van der Waals surface area contributed by atoms with Crippen molar-refractivity contribution in [3.05, 3.63) is 29.3 Å².